The molecule has 2 saturated heterocycles. The summed E-state index contributed by atoms with van der Waals surface area (Å²) in [6, 6.07) is 34.5. The molecule has 7 rings (SSSR count). The molecule has 0 unspecified atom stereocenters. The lowest BCUT2D eigenvalue weighted by molar-refractivity contribution is 0.0631. The first-order valence-electron chi connectivity index (χ1n) is 14.4. The summed E-state index contributed by atoms with van der Waals surface area (Å²) >= 11 is 0. The van der Waals surface area contributed by atoms with Gasteiger partial charge in [-0.15, -0.1) is 0 Å². The van der Waals surface area contributed by atoms with Crippen molar-refractivity contribution in [2.24, 2.45) is 10.9 Å². The molecule has 0 aromatic heterocycles. The largest absolute Gasteiger partial charge is 0.354 e. The van der Waals surface area contributed by atoms with Gasteiger partial charge >= 0.3 is 0 Å². The molecule has 4 aliphatic rings. The van der Waals surface area contributed by atoms with E-state index in [1.165, 1.54) is 45.2 Å². The van der Waals surface area contributed by atoms with Gasteiger partial charge in [0.1, 0.15) is 0 Å². The molecule has 3 aromatic carbocycles. The molecule has 196 valence electrons. The summed E-state index contributed by atoms with van der Waals surface area (Å²) < 4.78 is 2.33. The van der Waals surface area contributed by atoms with Gasteiger partial charge in [0, 0.05) is 24.0 Å². The number of fused-ring (bicyclic) bond motifs is 3. The summed E-state index contributed by atoms with van der Waals surface area (Å²) in [5.41, 5.74) is 7.28. The maximum Gasteiger partial charge on any atom is 0.0900 e. The van der Waals surface area contributed by atoms with Crippen LogP contribution in [0.2, 0.25) is 0 Å². The van der Waals surface area contributed by atoms with Crippen molar-refractivity contribution in [3.05, 3.63) is 102 Å². The van der Waals surface area contributed by atoms with E-state index in [4.69, 9.17) is 9.98 Å². The van der Waals surface area contributed by atoms with E-state index >= 15 is 0 Å². The van der Waals surface area contributed by atoms with Crippen LogP contribution in [0.5, 0.6) is 0 Å². The predicted octanol–water partition coefficient (Wildman–Crippen LogP) is 7.04. The number of piperidine rings is 2. The lowest BCUT2D eigenvalue weighted by Gasteiger charge is -2.44. The van der Waals surface area contributed by atoms with Crippen LogP contribution in [0, 0.1) is 5.92 Å². The van der Waals surface area contributed by atoms with E-state index in [0.717, 1.165) is 51.4 Å². The van der Waals surface area contributed by atoms with Gasteiger partial charge in [-0.2, -0.15) is 0 Å². The molecule has 39 heavy (non-hydrogen) atoms. The van der Waals surface area contributed by atoms with Crippen molar-refractivity contribution < 1.29 is 0 Å². The number of hydrogen-bond acceptors (Lipinski definition) is 4. The summed E-state index contributed by atoms with van der Waals surface area (Å²) in [5.74, 6) is 0.621. The number of rotatable bonds is 5. The molecule has 0 amide bonds. The van der Waals surface area contributed by atoms with E-state index in [9.17, 15) is 0 Å². The maximum atomic E-state index is 5.35. The van der Waals surface area contributed by atoms with Gasteiger partial charge < -0.3 is 14.8 Å². The van der Waals surface area contributed by atoms with E-state index in [-0.39, 0.29) is 0 Å². The van der Waals surface area contributed by atoms with Gasteiger partial charge in [0.2, 0.25) is 0 Å². The first-order chi connectivity index (χ1) is 19.3. The first-order valence-corrected chi connectivity index (χ1v) is 14.4. The molecule has 3 aromatic rings. The normalized spacial score (nSPS) is 20.3. The fraction of sp³-hybridized carbons (Fsp3) is 0.294. The molecule has 1 aliphatic carbocycles. The third-order valence-corrected chi connectivity index (χ3v) is 8.49. The molecule has 0 saturated carbocycles. The van der Waals surface area contributed by atoms with Gasteiger partial charge in [-0.25, -0.2) is 4.98 Å². The molecule has 0 spiro atoms. The summed E-state index contributed by atoms with van der Waals surface area (Å²) in [6.45, 7) is 3.38. The lowest BCUT2D eigenvalue weighted by Crippen LogP contribution is -2.48. The number of hydrogen-bond donors (Lipinski definition) is 1. The van der Waals surface area contributed by atoms with Crippen molar-refractivity contribution >= 4 is 22.4 Å². The molecule has 0 bridgehead atoms. The highest BCUT2D eigenvalue weighted by Crippen LogP contribution is 2.32. The zero-order valence-corrected chi connectivity index (χ0v) is 22.3. The average Bonchev–Trinajstić information content (AvgIpc) is 3.00. The van der Waals surface area contributed by atoms with Crippen LogP contribution >= 0.6 is 0 Å². The molecule has 1 N–H and O–H groups in total. The molecule has 0 radical (unpaired) electrons. The van der Waals surface area contributed by atoms with Gasteiger partial charge in [0.15, 0.2) is 0 Å². The Morgan fingerprint density at radius 1 is 0.795 bits per heavy atom. The van der Waals surface area contributed by atoms with Crippen LogP contribution in [0.1, 0.15) is 32.1 Å². The smallest absolute Gasteiger partial charge is 0.0900 e. The fourth-order valence-electron chi connectivity index (χ4n) is 6.61. The molecule has 5 nitrogen and oxygen atoms in total. The highest BCUT2D eigenvalue weighted by Gasteiger charge is 2.32. The Morgan fingerprint density at radius 3 is 2.44 bits per heavy atom. The predicted molar refractivity (Wildman–Crippen MR) is 160 cm³/mol. The molecule has 3 heterocycles. The topological polar surface area (TPSA) is 45.5 Å². The molecular formula is C34H35N5. The zero-order chi connectivity index (χ0) is 26.0. The second-order valence-corrected chi connectivity index (χ2v) is 11.0. The third kappa shape index (κ3) is 4.83. The monoisotopic (exact) mass is 513 g/mol. The summed E-state index contributed by atoms with van der Waals surface area (Å²) in [4.78, 5) is 13.2. The average molecular weight is 514 g/mol. The number of benzene rings is 4. The van der Waals surface area contributed by atoms with E-state index in [1.807, 2.05) is 6.07 Å². The second kappa shape index (κ2) is 10.7. The summed E-state index contributed by atoms with van der Waals surface area (Å²) in [7, 11) is 0. The van der Waals surface area contributed by atoms with Crippen molar-refractivity contribution in [2.75, 3.05) is 25.0 Å². The van der Waals surface area contributed by atoms with Crippen LogP contribution in [0.3, 0.4) is 0 Å². The highest BCUT2D eigenvalue weighted by atomic mass is 15.2. The summed E-state index contributed by atoms with van der Waals surface area (Å²) in [5, 5.41) is 4.66. The SMILES string of the molecule is c1ccc(Nc2cc3nc4ccccc4n(-c4ccccc4)c-3cc2=NC[C@@H]2CCCN3CCCC[C@@H]23)cc1. The van der Waals surface area contributed by atoms with E-state index in [2.05, 4.69) is 106 Å². The minimum absolute atomic E-state index is 0.621. The Kier molecular flexibility index (Phi) is 6.59. The Hall–Kier alpha value is -3.96. The van der Waals surface area contributed by atoms with Gasteiger partial charge in [0.05, 0.1) is 33.5 Å². The Bertz CT molecular complexity index is 1610. The number of nitrogens with zero attached hydrogens (tertiary/aromatic N) is 4. The number of nitrogens with one attached hydrogen (secondary N) is 1. The Labute approximate surface area is 230 Å². The van der Waals surface area contributed by atoms with Gasteiger partial charge in [0.25, 0.3) is 0 Å². The van der Waals surface area contributed by atoms with Crippen LogP contribution in [-0.4, -0.2) is 40.1 Å². The van der Waals surface area contributed by atoms with Gasteiger partial charge in [-0.3, -0.25) is 4.99 Å². The fourth-order valence-corrected chi connectivity index (χ4v) is 6.61. The molecular weight excluding hydrogens is 478 g/mol. The number of anilines is 2. The van der Waals surface area contributed by atoms with Crippen molar-refractivity contribution in [2.45, 2.75) is 38.1 Å². The molecule has 5 heteroatoms. The minimum Gasteiger partial charge on any atom is -0.354 e. The first kappa shape index (κ1) is 24.1. The van der Waals surface area contributed by atoms with Crippen LogP contribution in [-0.2, 0) is 0 Å². The van der Waals surface area contributed by atoms with Crippen molar-refractivity contribution in [3.63, 3.8) is 0 Å². The Morgan fingerprint density at radius 2 is 1.56 bits per heavy atom. The molecule has 2 fully saturated rings. The second-order valence-electron chi connectivity index (χ2n) is 11.0. The van der Waals surface area contributed by atoms with Crippen molar-refractivity contribution in [1.29, 1.82) is 0 Å². The van der Waals surface area contributed by atoms with E-state index < -0.39 is 0 Å². The van der Waals surface area contributed by atoms with Crippen molar-refractivity contribution in [3.8, 4) is 17.1 Å². The molecule has 2 atom stereocenters. The molecule has 3 aliphatic heterocycles. The van der Waals surface area contributed by atoms with Crippen LogP contribution in [0.25, 0.3) is 28.1 Å². The third-order valence-electron chi connectivity index (χ3n) is 8.49. The highest BCUT2D eigenvalue weighted by molar-refractivity contribution is 5.84. The summed E-state index contributed by atoms with van der Waals surface area (Å²) in [6.07, 6.45) is 6.57. The van der Waals surface area contributed by atoms with Crippen LogP contribution in [0.4, 0.5) is 11.4 Å². The van der Waals surface area contributed by atoms with Gasteiger partial charge in [-0.05, 0) is 93.2 Å². The number of para-hydroxylation sites is 4. The zero-order valence-electron chi connectivity index (χ0n) is 22.3. The van der Waals surface area contributed by atoms with E-state index in [0.29, 0.717) is 12.0 Å². The number of aromatic nitrogens is 2. The lowest BCUT2D eigenvalue weighted by atomic mass is 9.83. The quantitative estimate of drug-likeness (QED) is 0.256. The van der Waals surface area contributed by atoms with Crippen molar-refractivity contribution in [1.82, 2.24) is 14.5 Å². The minimum atomic E-state index is 0.621. The van der Waals surface area contributed by atoms with E-state index in [1.54, 1.807) is 0 Å². The van der Waals surface area contributed by atoms with Crippen LogP contribution < -0.4 is 10.7 Å². The van der Waals surface area contributed by atoms with Crippen LogP contribution in [0.15, 0.2) is 102 Å². The van der Waals surface area contributed by atoms with Gasteiger partial charge in [-0.1, -0.05) is 55.0 Å². The standard InChI is InChI=1S/C34H35N5/c1-3-13-26(14-4-1)36-30-22-31-34(23-29(30)35-24-25-12-11-21-38-20-10-9-18-32(25)38)39(27-15-5-2-6-16-27)33-19-8-7-17-28(33)37-31/h1-8,13-17,19,22-23,25,32,36H,9-12,18,20-21,24H2/t25-,32-/m0/s1. The Balaban J connectivity index is 1.39. The maximum absolute atomic E-state index is 5.35.